The number of ether oxygens (including phenoxy) is 2. The third kappa shape index (κ3) is 6.21. The number of hydrogen-bond donors (Lipinski definition) is 2. The van der Waals surface area contributed by atoms with E-state index in [1.165, 1.54) is 16.7 Å². The van der Waals surface area contributed by atoms with Crippen LogP contribution in [0.1, 0.15) is 58.1 Å². The Morgan fingerprint density at radius 3 is 2.15 bits per heavy atom. The monoisotopic (exact) mass is 554 g/mol. The van der Waals surface area contributed by atoms with Gasteiger partial charge >= 0.3 is 18.0 Å². The third-order valence-corrected chi connectivity index (χ3v) is 8.12. The number of carbonyl (C=O) groups is 4. The molecule has 1 heterocycles. The van der Waals surface area contributed by atoms with E-state index in [4.69, 9.17) is 9.47 Å². The van der Waals surface area contributed by atoms with Crippen molar-refractivity contribution in [3.05, 3.63) is 59.7 Å². The number of carboxylic acids is 1. The lowest BCUT2D eigenvalue weighted by Gasteiger charge is -2.36. The molecule has 39 heavy (non-hydrogen) atoms. The number of thioether (sulfide) groups is 1. The number of aliphatic carboxylic acids is 1. The van der Waals surface area contributed by atoms with Gasteiger partial charge < -0.3 is 24.8 Å². The smallest absolute Gasteiger partial charge is 0.407 e. The molecule has 0 aromatic heterocycles. The van der Waals surface area contributed by atoms with Gasteiger partial charge in [-0.05, 0) is 56.9 Å². The van der Waals surface area contributed by atoms with E-state index >= 15 is 0 Å². The molecular formula is C29H34N2O7S. The van der Waals surface area contributed by atoms with E-state index in [-0.39, 0.29) is 18.3 Å². The van der Waals surface area contributed by atoms with Crippen LogP contribution in [-0.4, -0.2) is 68.9 Å². The molecule has 10 heteroatoms. The third-order valence-electron chi connectivity index (χ3n) is 6.73. The topological polar surface area (TPSA) is 122 Å². The Morgan fingerprint density at radius 2 is 1.62 bits per heavy atom. The minimum atomic E-state index is -1.37. The number of benzene rings is 2. The molecule has 2 aliphatic rings. The fourth-order valence-electron chi connectivity index (χ4n) is 5.10. The van der Waals surface area contributed by atoms with Crippen molar-refractivity contribution in [1.29, 1.82) is 0 Å². The summed E-state index contributed by atoms with van der Waals surface area (Å²) in [5.74, 6) is -2.53. The van der Waals surface area contributed by atoms with Crippen LogP contribution in [-0.2, 0) is 23.9 Å². The Bertz CT molecular complexity index is 1240. The van der Waals surface area contributed by atoms with Gasteiger partial charge in [0, 0.05) is 11.7 Å². The van der Waals surface area contributed by atoms with Gasteiger partial charge in [0.1, 0.15) is 24.3 Å². The summed E-state index contributed by atoms with van der Waals surface area (Å²) < 4.78 is 11.0. The van der Waals surface area contributed by atoms with E-state index in [0.717, 1.165) is 22.3 Å². The van der Waals surface area contributed by atoms with Crippen LogP contribution in [0.15, 0.2) is 48.5 Å². The molecule has 2 N–H and O–H groups in total. The summed E-state index contributed by atoms with van der Waals surface area (Å²) in [6.45, 7) is 8.58. The number of nitrogens with zero attached hydrogens (tertiary/aromatic N) is 1. The summed E-state index contributed by atoms with van der Waals surface area (Å²) in [4.78, 5) is 51.6. The van der Waals surface area contributed by atoms with Crippen molar-refractivity contribution >= 4 is 35.7 Å². The molecule has 0 saturated carbocycles. The Morgan fingerprint density at radius 1 is 1.05 bits per heavy atom. The minimum Gasteiger partial charge on any atom is -0.480 e. The molecule has 9 nitrogen and oxygen atoms in total. The van der Waals surface area contributed by atoms with Crippen molar-refractivity contribution in [2.45, 2.75) is 69.5 Å². The number of fused-ring (bicyclic) bond motifs is 3. The van der Waals surface area contributed by atoms with E-state index in [1.807, 2.05) is 48.5 Å². The van der Waals surface area contributed by atoms with Gasteiger partial charge in [0.25, 0.3) is 0 Å². The average Bonchev–Trinajstić information content (AvgIpc) is 3.34. The zero-order valence-electron chi connectivity index (χ0n) is 22.7. The molecule has 0 spiro atoms. The van der Waals surface area contributed by atoms with Crippen molar-refractivity contribution in [2.24, 2.45) is 0 Å². The van der Waals surface area contributed by atoms with Crippen molar-refractivity contribution in [3.63, 3.8) is 0 Å². The van der Waals surface area contributed by atoms with E-state index in [9.17, 15) is 24.3 Å². The van der Waals surface area contributed by atoms with Crippen LogP contribution >= 0.6 is 11.8 Å². The van der Waals surface area contributed by atoms with Crippen molar-refractivity contribution < 1.29 is 33.8 Å². The van der Waals surface area contributed by atoms with E-state index in [0.29, 0.717) is 0 Å². The Balaban J connectivity index is 1.52. The van der Waals surface area contributed by atoms with Crippen LogP contribution in [0.4, 0.5) is 4.79 Å². The van der Waals surface area contributed by atoms with Gasteiger partial charge in [0.15, 0.2) is 0 Å². The van der Waals surface area contributed by atoms with Crippen molar-refractivity contribution in [2.75, 3.05) is 12.4 Å². The highest BCUT2D eigenvalue weighted by Crippen LogP contribution is 2.44. The Hall–Kier alpha value is -3.53. The molecule has 1 aliphatic heterocycles. The highest BCUT2D eigenvalue weighted by molar-refractivity contribution is 8.00. The van der Waals surface area contributed by atoms with Gasteiger partial charge in [-0.25, -0.2) is 9.59 Å². The molecule has 0 bridgehead atoms. The van der Waals surface area contributed by atoms with Crippen LogP contribution in [0.2, 0.25) is 0 Å². The lowest BCUT2D eigenvalue weighted by molar-refractivity contribution is -0.158. The van der Waals surface area contributed by atoms with Gasteiger partial charge in [0.2, 0.25) is 5.91 Å². The molecule has 2 atom stereocenters. The normalized spacial score (nSPS) is 18.6. The van der Waals surface area contributed by atoms with Crippen LogP contribution in [0.3, 0.4) is 0 Å². The van der Waals surface area contributed by atoms with Crippen LogP contribution in [0.25, 0.3) is 11.1 Å². The molecule has 2 aromatic rings. The SMILES string of the molecule is CC(C)(C)OC(=O)CC(NC(=O)OCC1c2ccccc2-c2ccccc21)C(=O)N1C(C(=O)O)CSC1(C)C. The predicted molar refractivity (Wildman–Crippen MR) is 147 cm³/mol. The average molecular weight is 555 g/mol. The molecule has 2 amide bonds. The van der Waals surface area contributed by atoms with Crippen LogP contribution in [0, 0.1) is 0 Å². The van der Waals surface area contributed by atoms with Crippen molar-refractivity contribution in [3.8, 4) is 11.1 Å². The number of carboxylic acid groups (broad SMARTS) is 1. The van der Waals surface area contributed by atoms with E-state index < -0.39 is 52.9 Å². The molecule has 1 fully saturated rings. The second-order valence-electron chi connectivity index (χ2n) is 11.1. The maximum Gasteiger partial charge on any atom is 0.407 e. The maximum absolute atomic E-state index is 13.7. The number of rotatable bonds is 7. The molecule has 2 unspecified atom stereocenters. The number of alkyl carbamates (subject to hydrolysis) is 1. The molecule has 1 saturated heterocycles. The Labute approximate surface area is 232 Å². The van der Waals surface area contributed by atoms with E-state index in [2.05, 4.69) is 5.32 Å². The van der Waals surface area contributed by atoms with E-state index in [1.54, 1.807) is 34.6 Å². The second kappa shape index (κ2) is 10.9. The highest BCUT2D eigenvalue weighted by atomic mass is 32.2. The number of nitrogens with one attached hydrogen (secondary N) is 1. The maximum atomic E-state index is 13.7. The quantitative estimate of drug-likeness (QED) is 0.484. The number of esters is 1. The molecule has 1 aliphatic carbocycles. The van der Waals surface area contributed by atoms with Crippen LogP contribution in [0.5, 0.6) is 0 Å². The second-order valence-corrected chi connectivity index (χ2v) is 12.8. The first-order chi connectivity index (χ1) is 18.3. The Kier molecular flexibility index (Phi) is 7.97. The summed E-state index contributed by atoms with van der Waals surface area (Å²) in [5.41, 5.74) is 3.42. The molecule has 208 valence electrons. The van der Waals surface area contributed by atoms with Crippen LogP contribution < -0.4 is 5.32 Å². The number of hydrogen-bond acceptors (Lipinski definition) is 7. The summed E-state index contributed by atoms with van der Waals surface area (Å²) >= 11 is 1.32. The predicted octanol–water partition coefficient (Wildman–Crippen LogP) is 4.39. The standard InChI is InChI=1S/C29H34N2O7S/c1-28(2,3)38-24(32)14-22(25(33)31-23(26(34)35)16-39-29(31,4)5)30-27(36)37-15-21-19-12-8-6-10-17(19)18-11-7-9-13-20(18)21/h6-13,21-23H,14-16H2,1-5H3,(H,30,36)(H,34,35). The molecule has 4 rings (SSSR count). The zero-order valence-corrected chi connectivity index (χ0v) is 23.5. The molecular weight excluding hydrogens is 520 g/mol. The zero-order chi connectivity index (χ0) is 28.5. The first-order valence-electron chi connectivity index (χ1n) is 12.8. The molecule has 2 aromatic carbocycles. The fraction of sp³-hybridized carbons (Fsp3) is 0.448. The van der Waals surface area contributed by atoms with Gasteiger partial charge in [-0.1, -0.05) is 48.5 Å². The number of carbonyl (C=O) groups excluding carboxylic acids is 3. The largest absolute Gasteiger partial charge is 0.480 e. The first kappa shape index (κ1) is 28.5. The highest BCUT2D eigenvalue weighted by Gasteiger charge is 2.49. The van der Waals surface area contributed by atoms with Gasteiger partial charge in [-0.2, -0.15) is 0 Å². The summed E-state index contributed by atoms with van der Waals surface area (Å²) in [5, 5.41) is 12.2. The van der Waals surface area contributed by atoms with Gasteiger partial charge in [0.05, 0.1) is 11.3 Å². The van der Waals surface area contributed by atoms with Gasteiger partial charge in [-0.3, -0.25) is 9.59 Å². The lowest BCUT2D eigenvalue weighted by atomic mass is 9.98. The number of amides is 2. The summed E-state index contributed by atoms with van der Waals surface area (Å²) in [6, 6.07) is 13.4. The minimum absolute atomic E-state index is 0.0238. The fourth-order valence-corrected chi connectivity index (χ4v) is 6.32. The lowest BCUT2D eigenvalue weighted by Crippen LogP contribution is -2.57. The van der Waals surface area contributed by atoms with Crippen molar-refractivity contribution in [1.82, 2.24) is 10.2 Å². The summed E-state index contributed by atoms with van der Waals surface area (Å²) in [6.07, 6.45) is -1.35. The first-order valence-corrected chi connectivity index (χ1v) is 13.8. The van der Waals surface area contributed by atoms with Gasteiger partial charge in [-0.15, -0.1) is 11.8 Å². The molecule has 0 radical (unpaired) electrons. The summed E-state index contributed by atoms with van der Waals surface area (Å²) in [7, 11) is 0.